The summed E-state index contributed by atoms with van der Waals surface area (Å²) in [6.07, 6.45) is 8.25. The molecular formula is C20H27NO2S. The topological polar surface area (TPSA) is 29.5 Å². The van der Waals surface area contributed by atoms with Crippen LogP contribution in [0, 0.1) is 17.8 Å². The molecule has 3 nitrogen and oxygen atoms in total. The van der Waals surface area contributed by atoms with Crippen molar-refractivity contribution in [2.75, 3.05) is 21.2 Å². The molecule has 4 saturated carbocycles. The van der Waals surface area contributed by atoms with E-state index in [1.165, 1.54) is 55.9 Å². The lowest BCUT2D eigenvalue weighted by molar-refractivity contribution is -0.00625. The minimum absolute atomic E-state index is 0.0802. The van der Waals surface area contributed by atoms with Crippen LogP contribution < -0.4 is 4.74 Å². The largest absolute Gasteiger partial charge is 0.496 e. The normalized spacial score (nSPS) is 33.5. The second kappa shape index (κ2) is 5.98. The first-order valence-corrected chi connectivity index (χ1v) is 9.88. The van der Waals surface area contributed by atoms with E-state index >= 15 is 0 Å². The van der Waals surface area contributed by atoms with E-state index in [0.29, 0.717) is 0 Å². The molecule has 5 rings (SSSR count). The van der Waals surface area contributed by atoms with E-state index in [1.807, 2.05) is 6.07 Å². The van der Waals surface area contributed by atoms with Gasteiger partial charge in [-0.2, -0.15) is 0 Å². The van der Waals surface area contributed by atoms with Crippen LogP contribution in [0.25, 0.3) is 0 Å². The van der Waals surface area contributed by atoms with Gasteiger partial charge in [0.05, 0.1) is 7.11 Å². The van der Waals surface area contributed by atoms with Gasteiger partial charge in [0, 0.05) is 24.6 Å². The first-order chi connectivity index (χ1) is 11.5. The SMILES string of the molecule is COc1ccc(SC(=O)N(C)C)cc1C12CC3CC(CC(C3)C1)C2. The second-order valence-electron chi connectivity index (χ2n) is 8.32. The van der Waals surface area contributed by atoms with Crippen LogP contribution >= 0.6 is 11.8 Å². The Morgan fingerprint density at radius 2 is 1.71 bits per heavy atom. The van der Waals surface area contributed by atoms with Gasteiger partial charge in [0.2, 0.25) is 0 Å². The zero-order chi connectivity index (χ0) is 16.9. The summed E-state index contributed by atoms with van der Waals surface area (Å²) < 4.78 is 5.74. The number of carbonyl (C=O) groups excluding carboxylic acids is 1. The fourth-order valence-corrected chi connectivity index (χ4v) is 6.49. The van der Waals surface area contributed by atoms with Crippen molar-refractivity contribution in [3.63, 3.8) is 0 Å². The molecule has 0 atom stereocenters. The maximum absolute atomic E-state index is 12.1. The van der Waals surface area contributed by atoms with Crippen LogP contribution in [0.2, 0.25) is 0 Å². The van der Waals surface area contributed by atoms with Crippen LogP contribution in [0.1, 0.15) is 44.1 Å². The summed E-state index contributed by atoms with van der Waals surface area (Å²) in [4.78, 5) is 14.8. The van der Waals surface area contributed by atoms with Gasteiger partial charge in [0.1, 0.15) is 5.75 Å². The predicted octanol–water partition coefficient (Wildman–Crippen LogP) is 4.94. The van der Waals surface area contributed by atoms with Crippen LogP contribution in [0.15, 0.2) is 23.1 Å². The van der Waals surface area contributed by atoms with E-state index in [9.17, 15) is 4.79 Å². The first-order valence-electron chi connectivity index (χ1n) is 9.07. The van der Waals surface area contributed by atoms with Gasteiger partial charge in [-0.1, -0.05) is 0 Å². The van der Waals surface area contributed by atoms with Crippen molar-refractivity contribution in [1.82, 2.24) is 4.90 Å². The van der Waals surface area contributed by atoms with Crippen molar-refractivity contribution in [3.8, 4) is 5.75 Å². The lowest BCUT2D eigenvalue weighted by Gasteiger charge is -2.57. The Bertz CT molecular complexity index is 620. The number of hydrogen-bond donors (Lipinski definition) is 0. The second-order valence-corrected chi connectivity index (χ2v) is 9.35. The number of ether oxygens (including phenoxy) is 1. The molecule has 4 aliphatic carbocycles. The Kier molecular flexibility index (Phi) is 4.06. The highest BCUT2D eigenvalue weighted by atomic mass is 32.2. The molecule has 130 valence electrons. The van der Waals surface area contributed by atoms with Crippen LogP contribution in [-0.2, 0) is 5.41 Å². The molecule has 0 aliphatic heterocycles. The fraction of sp³-hybridized carbons (Fsp3) is 0.650. The zero-order valence-corrected chi connectivity index (χ0v) is 15.7. The van der Waals surface area contributed by atoms with Gasteiger partial charge in [-0.25, -0.2) is 0 Å². The number of benzene rings is 1. The highest BCUT2D eigenvalue weighted by Crippen LogP contribution is 2.62. The van der Waals surface area contributed by atoms with Crippen molar-refractivity contribution >= 4 is 17.0 Å². The number of nitrogens with zero attached hydrogens (tertiary/aromatic N) is 1. The number of rotatable bonds is 3. The van der Waals surface area contributed by atoms with Crippen molar-refractivity contribution in [3.05, 3.63) is 23.8 Å². The Morgan fingerprint density at radius 1 is 1.12 bits per heavy atom. The van der Waals surface area contributed by atoms with Crippen molar-refractivity contribution in [2.45, 2.75) is 48.8 Å². The summed E-state index contributed by atoms with van der Waals surface area (Å²) >= 11 is 1.32. The number of methoxy groups -OCH3 is 1. The molecule has 1 aromatic carbocycles. The van der Waals surface area contributed by atoms with Crippen LogP contribution in [-0.4, -0.2) is 31.3 Å². The first kappa shape index (κ1) is 16.3. The number of thioether (sulfide) groups is 1. The third kappa shape index (κ3) is 2.73. The van der Waals surface area contributed by atoms with Crippen molar-refractivity contribution < 1.29 is 9.53 Å². The third-order valence-corrected chi connectivity index (χ3v) is 7.38. The number of hydrogen-bond acceptors (Lipinski definition) is 3. The molecule has 0 unspecified atom stereocenters. The molecule has 0 aromatic heterocycles. The van der Waals surface area contributed by atoms with Gasteiger partial charge in [0.15, 0.2) is 0 Å². The minimum atomic E-state index is 0.0802. The third-order valence-electron chi connectivity index (χ3n) is 6.35. The molecule has 0 radical (unpaired) electrons. The highest BCUT2D eigenvalue weighted by molar-refractivity contribution is 8.13. The Hall–Kier alpha value is -1.16. The molecule has 0 saturated heterocycles. The van der Waals surface area contributed by atoms with Gasteiger partial charge in [-0.3, -0.25) is 4.79 Å². The molecular weight excluding hydrogens is 318 g/mol. The van der Waals surface area contributed by atoms with Crippen LogP contribution in [0.5, 0.6) is 5.75 Å². The fourth-order valence-electron chi connectivity index (χ4n) is 5.80. The lowest BCUT2D eigenvalue weighted by Crippen LogP contribution is -2.48. The lowest BCUT2D eigenvalue weighted by atomic mass is 9.48. The van der Waals surface area contributed by atoms with Crippen LogP contribution in [0.4, 0.5) is 4.79 Å². The number of amides is 1. The molecule has 4 bridgehead atoms. The summed E-state index contributed by atoms with van der Waals surface area (Å²) in [6, 6.07) is 6.34. The average molecular weight is 346 g/mol. The maximum atomic E-state index is 12.1. The summed E-state index contributed by atoms with van der Waals surface area (Å²) in [6.45, 7) is 0. The molecule has 24 heavy (non-hydrogen) atoms. The Labute approximate surface area is 149 Å². The number of carbonyl (C=O) groups is 1. The molecule has 4 aliphatic rings. The van der Waals surface area contributed by atoms with E-state index < -0.39 is 0 Å². The summed E-state index contributed by atoms with van der Waals surface area (Å²) in [5, 5.41) is 0.0802. The minimum Gasteiger partial charge on any atom is -0.496 e. The quantitative estimate of drug-likeness (QED) is 0.727. The summed E-state index contributed by atoms with van der Waals surface area (Å²) in [5.41, 5.74) is 1.65. The van der Waals surface area contributed by atoms with E-state index in [2.05, 4.69) is 12.1 Å². The van der Waals surface area contributed by atoms with E-state index in [-0.39, 0.29) is 10.7 Å². The van der Waals surface area contributed by atoms with E-state index in [4.69, 9.17) is 4.74 Å². The van der Waals surface area contributed by atoms with Gasteiger partial charge < -0.3 is 9.64 Å². The predicted molar refractivity (Wildman–Crippen MR) is 97.8 cm³/mol. The zero-order valence-electron chi connectivity index (χ0n) is 14.9. The molecule has 1 amide bonds. The molecule has 4 fully saturated rings. The van der Waals surface area contributed by atoms with Gasteiger partial charge in [0.25, 0.3) is 5.24 Å². The van der Waals surface area contributed by atoms with E-state index in [0.717, 1.165) is 28.4 Å². The van der Waals surface area contributed by atoms with Gasteiger partial charge >= 0.3 is 0 Å². The van der Waals surface area contributed by atoms with Crippen molar-refractivity contribution in [1.29, 1.82) is 0 Å². The van der Waals surface area contributed by atoms with E-state index in [1.54, 1.807) is 26.1 Å². The average Bonchev–Trinajstić information content (AvgIpc) is 2.53. The molecule has 0 spiro atoms. The van der Waals surface area contributed by atoms with Gasteiger partial charge in [-0.15, -0.1) is 0 Å². The van der Waals surface area contributed by atoms with Crippen molar-refractivity contribution in [2.24, 2.45) is 17.8 Å². The molecule has 1 aromatic rings. The summed E-state index contributed by atoms with van der Waals surface area (Å²) in [5.74, 6) is 3.72. The smallest absolute Gasteiger partial charge is 0.285 e. The molecule has 0 heterocycles. The Balaban J connectivity index is 1.70. The van der Waals surface area contributed by atoms with Gasteiger partial charge in [-0.05, 0) is 91.7 Å². The standard InChI is InChI=1S/C20H27NO2S/c1-21(2)19(22)24-16-4-5-18(23-3)17(9-16)20-10-13-6-14(11-20)8-15(7-13)12-20/h4-5,9,13-15H,6-8,10-12H2,1-3H3. The summed E-state index contributed by atoms with van der Waals surface area (Å²) in [7, 11) is 5.38. The molecule has 4 heteroatoms. The maximum Gasteiger partial charge on any atom is 0.285 e. The monoisotopic (exact) mass is 345 g/mol. The highest BCUT2D eigenvalue weighted by Gasteiger charge is 2.52. The molecule has 0 N–H and O–H groups in total. The van der Waals surface area contributed by atoms with Crippen LogP contribution in [0.3, 0.4) is 0 Å². The Morgan fingerprint density at radius 3 is 2.21 bits per heavy atom.